The van der Waals surface area contributed by atoms with Crippen molar-refractivity contribution in [1.29, 1.82) is 5.26 Å². The molecule has 1 aromatic carbocycles. The summed E-state index contributed by atoms with van der Waals surface area (Å²) in [6, 6.07) is 8.92. The van der Waals surface area contributed by atoms with Crippen molar-refractivity contribution in [2.24, 2.45) is 0 Å². The van der Waals surface area contributed by atoms with Crippen molar-refractivity contribution in [1.82, 2.24) is 9.97 Å². The summed E-state index contributed by atoms with van der Waals surface area (Å²) in [4.78, 5) is 8.11. The first-order chi connectivity index (χ1) is 11.0. The summed E-state index contributed by atoms with van der Waals surface area (Å²) in [6.45, 7) is 0. The number of benzene rings is 1. The molecule has 3 rings (SSSR count). The first-order valence-corrected chi connectivity index (χ1v) is 7.29. The number of nitrogens with zero attached hydrogens (tertiary/aromatic N) is 3. The van der Waals surface area contributed by atoms with Gasteiger partial charge in [-0.3, -0.25) is 4.98 Å². The Morgan fingerprint density at radius 2 is 2.09 bits per heavy atom. The predicted molar refractivity (Wildman–Crippen MR) is 82.3 cm³/mol. The van der Waals surface area contributed by atoms with Crippen LogP contribution < -0.4 is 0 Å². The monoisotopic (exact) mass is 331 g/mol. The van der Waals surface area contributed by atoms with Gasteiger partial charge in [-0.2, -0.15) is 18.4 Å². The van der Waals surface area contributed by atoms with E-state index in [1.54, 1.807) is 30.6 Å². The van der Waals surface area contributed by atoms with E-state index in [4.69, 9.17) is 0 Å². The summed E-state index contributed by atoms with van der Waals surface area (Å²) in [6.07, 6.45) is 0.392. The zero-order chi connectivity index (χ0) is 16.4. The zero-order valence-corrected chi connectivity index (χ0v) is 12.3. The Kier molecular flexibility index (Phi) is 3.84. The van der Waals surface area contributed by atoms with E-state index in [-0.39, 0.29) is 11.1 Å². The number of allylic oxidation sites excluding steroid dienone is 1. The molecule has 7 heteroatoms. The van der Waals surface area contributed by atoms with Gasteiger partial charge in [-0.15, -0.1) is 11.3 Å². The van der Waals surface area contributed by atoms with Crippen molar-refractivity contribution in [3.05, 3.63) is 58.9 Å². The minimum Gasteiger partial charge on any atom is -0.264 e. The normalized spacial score (nSPS) is 12.3. The van der Waals surface area contributed by atoms with Gasteiger partial charge in [0.05, 0.1) is 21.4 Å². The lowest BCUT2D eigenvalue weighted by molar-refractivity contribution is -0.137. The number of rotatable bonds is 2. The Hall–Kier alpha value is -2.72. The van der Waals surface area contributed by atoms with Gasteiger partial charge in [0.2, 0.25) is 0 Å². The molecule has 114 valence electrons. The average molecular weight is 331 g/mol. The van der Waals surface area contributed by atoms with Gasteiger partial charge in [-0.25, -0.2) is 4.98 Å². The molecule has 0 aliphatic heterocycles. The number of hydrogen-bond donors (Lipinski definition) is 0. The third-order valence-electron chi connectivity index (χ3n) is 3.06. The molecule has 2 aromatic heterocycles. The van der Waals surface area contributed by atoms with E-state index in [0.29, 0.717) is 9.71 Å². The molecule has 0 fully saturated rings. The molecule has 0 radical (unpaired) electrons. The Morgan fingerprint density at radius 3 is 2.74 bits per heavy atom. The maximum absolute atomic E-state index is 12.7. The number of aromatic nitrogens is 2. The van der Waals surface area contributed by atoms with Gasteiger partial charge >= 0.3 is 6.18 Å². The maximum Gasteiger partial charge on any atom is 0.416 e. The van der Waals surface area contributed by atoms with Crippen molar-refractivity contribution >= 4 is 33.2 Å². The van der Waals surface area contributed by atoms with Gasteiger partial charge in [0.25, 0.3) is 0 Å². The van der Waals surface area contributed by atoms with Gasteiger partial charge in [-0.1, -0.05) is 6.07 Å². The first kappa shape index (κ1) is 15.2. The molecule has 23 heavy (non-hydrogen) atoms. The van der Waals surface area contributed by atoms with Crippen LogP contribution in [0, 0.1) is 11.3 Å². The Labute approximate surface area is 133 Å². The molecule has 0 amide bonds. The van der Waals surface area contributed by atoms with Crippen LogP contribution in [0.15, 0.2) is 42.7 Å². The highest BCUT2D eigenvalue weighted by molar-refractivity contribution is 7.19. The van der Waals surface area contributed by atoms with E-state index in [9.17, 15) is 18.4 Å². The van der Waals surface area contributed by atoms with E-state index >= 15 is 0 Å². The minimum atomic E-state index is -4.42. The Morgan fingerprint density at radius 1 is 1.26 bits per heavy atom. The molecule has 0 bridgehead atoms. The lowest BCUT2D eigenvalue weighted by atomic mass is 10.2. The predicted octanol–water partition coefficient (Wildman–Crippen LogP) is 4.77. The molecule has 0 saturated carbocycles. The van der Waals surface area contributed by atoms with Crippen molar-refractivity contribution in [2.45, 2.75) is 6.18 Å². The highest BCUT2D eigenvalue weighted by atomic mass is 32.1. The van der Waals surface area contributed by atoms with Crippen LogP contribution in [0.3, 0.4) is 0 Å². The van der Waals surface area contributed by atoms with E-state index in [1.807, 2.05) is 6.07 Å². The molecule has 0 unspecified atom stereocenters. The number of nitriles is 1. The van der Waals surface area contributed by atoms with E-state index in [1.165, 1.54) is 17.4 Å². The fourth-order valence-corrected chi connectivity index (χ4v) is 2.90. The van der Waals surface area contributed by atoms with E-state index in [0.717, 1.165) is 17.7 Å². The minimum absolute atomic E-state index is 0.229. The number of pyridine rings is 1. The average Bonchev–Trinajstić information content (AvgIpc) is 2.95. The topological polar surface area (TPSA) is 49.6 Å². The summed E-state index contributed by atoms with van der Waals surface area (Å²) >= 11 is 1.18. The molecule has 0 aliphatic carbocycles. The number of thiazole rings is 1. The Bertz CT molecular complexity index is 921. The van der Waals surface area contributed by atoms with Crippen molar-refractivity contribution < 1.29 is 13.2 Å². The largest absolute Gasteiger partial charge is 0.416 e. The van der Waals surface area contributed by atoms with Gasteiger partial charge < -0.3 is 0 Å². The van der Waals surface area contributed by atoms with Crippen LogP contribution in [0.25, 0.3) is 21.9 Å². The van der Waals surface area contributed by atoms with Crippen LogP contribution in [0.2, 0.25) is 0 Å². The fraction of sp³-hybridized carbons (Fsp3) is 0.0625. The van der Waals surface area contributed by atoms with Crippen LogP contribution in [-0.4, -0.2) is 9.97 Å². The number of alkyl halides is 3. The van der Waals surface area contributed by atoms with Crippen LogP contribution in [-0.2, 0) is 6.18 Å². The van der Waals surface area contributed by atoms with Gasteiger partial charge in [0.15, 0.2) is 0 Å². The van der Waals surface area contributed by atoms with Crippen molar-refractivity contribution in [3.8, 4) is 6.07 Å². The highest BCUT2D eigenvalue weighted by Gasteiger charge is 2.30. The summed E-state index contributed by atoms with van der Waals surface area (Å²) < 4.78 is 38.8. The van der Waals surface area contributed by atoms with Gasteiger partial charge in [0.1, 0.15) is 11.1 Å². The summed E-state index contributed by atoms with van der Waals surface area (Å²) in [5, 5.41) is 9.68. The van der Waals surface area contributed by atoms with Crippen molar-refractivity contribution in [2.75, 3.05) is 0 Å². The van der Waals surface area contributed by atoms with Crippen molar-refractivity contribution in [3.63, 3.8) is 0 Å². The van der Waals surface area contributed by atoms with E-state index in [2.05, 4.69) is 9.97 Å². The number of fused-ring (bicyclic) bond motifs is 1. The molecular weight excluding hydrogens is 323 g/mol. The Balaban J connectivity index is 2.06. The third-order valence-corrected chi connectivity index (χ3v) is 4.13. The van der Waals surface area contributed by atoms with Crippen LogP contribution in [0.1, 0.15) is 16.1 Å². The molecule has 3 nitrogen and oxygen atoms in total. The highest BCUT2D eigenvalue weighted by Crippen LogP contribution is 2.34. The maximum atomic E-state index is 12.7. The lowest BCUT2D eigenvalue weighted by Gasteiger charge is -2.04. The summed E-state index contributed by atoms with van der Waals surface area (Å²) in [7, 11) is 0. The molecule has 0 atom stereocenters. The molecule has 0 N–H and O–H groups in total. The first-order valence-electron chi connectivity index (χ1n) is 6.47. The van der Waals surface area contributed by atoms with Gasteiger partial charge in [-0.05, 0) is 35.9 Å². The quantitative estimate of drug-likeness (QED) is 0.635. The zero-order valence-electron chi connectivity index (χ0n) is 11.5. The number of hydrogen-bond acceptors (Lipinski definition) is 4. The van der Waals surface area contributed by atoms with Crippen LogP contribution in [0.4, 0.5) is 13.2 Å². The number of halogens is 3. The summed E-state index contributed by atoms with van der Waals surface area (Å²) in [5.41, 5.74) is 0.482. The molecular formula is C16H8F3N3S. The van der Waals surface area contributed by atoms with Gasteiger partial charge in [0, 0.05) is 12.4 Å². The van der Waals surface area contributed by atoms with Crippen LogP contribution in [0.5, 0.6) is 0 Å². The van der Waals surface area contributed by atoms with Crippen LogP contribution >= 0.6 is 11.3 Å². The lowest BCUT2D eigenvalue weighted by Crippen LogP contribution is -2.03. The molecule has 3 aromatic rings. The second-order valence-corrected chi connectivity index (χ2v) is 5.69. The molecule has 0 saturated heterocycles. The fourth-order valence-electron chi connectivity index (χ4n) is 1.99. The smallest absolute Gasteiger partial charge is 0.264 e. The summed E-state index contributed by atoms with van der Waals surface area (Å²) in [5.74, 6) is 0. The second kappa shape index (κ2) is 5.82. The molecule has 0 spiro atoms. The third kappa shape index (κ3) is 3.22. The second-order valence-electron chi connectivity index (χ2n) is 4.66. The van der Waals surface area contributed by atoms with E-state index < -0.39 is 11.7 Å². The molecule has 2 heterocycles. The standard InChI is InChI=1S/C16H8F3N3S/c17-16(18,19)12-3-4-14-13(7-12)22-15(23-14)11(8-20)6-10-2-1-5-21-9-10/h1-7,9H. The SMILES string of the molecule is N#CC(=Cc1cccnc1)c1nc2cc(C(F)(F)F)ccc2s1. The molecule has 0 aliphatic rings.